The first-order valence-corrected chi connectivity index (χ1v) is 5.12. The highest BCUT2D eigenvalue weighted by molar-refractivity contribution is 5.48. The summed E-state index contributed by atoms with van der Waals surface area (Å²) < 4.78 is 0. The van der Waals surface area contributed by atoms with Gasteiger partial charge in [0.15, 0.2) is 11.5 Å². The summed E-state index contributed by atoms with van der Waals surface area (Å²) in [6.07, 6.45) is 6.61. The lowest BCUT2D eigenvalue weighted by Gasteiger charge is -2.18. The van der Waals surface area contributed by atoms with Crippen LogP contribution in [0.4, 0.5) is 5.82 Å². The van der Waals surface area contributed by atoms with E-state index in [0.717, 1.165) is 5.56 Å². The van der Waals surface area contributed by atoms with Crippen molar-refractivity contribution < 1.29 is 0 Å². The molecule has 0 fully saturated rings. The summed E-state index contributed by atoms with van der Waals surface area (Å²) in [6.45, 7) is 0.640. The largest absolute Gasteiger partial charge is 0.353 e. The maximum Gasteiger partial charge on any atom is 0.183 e. The van der Waals surface area contributed by atoms with Crippen molar-refractivity contribution in [1.82, 2.24) is 15.0 Å². The Morgan fingerprint density at radius 2 is 2.12 bits per heavy atom. The summed E-state index contributed by atoms with van der Waals surface area (Å²) in [5, 5.41) is 8.94. The molecule has 5 heteroatoms. The topological polar surface area (TPSA) is 65.7 Å². The molecule has 0 aliphatic carbocycles. The zero-order valence-corrected chi connectivity index (χ0v) is 9.41. The number of pyridine rings is 1. The van der Waals surface area contributed by atoms with Crippen LogP contribution < -0.4 is 4.90 Å². The summed E-state index contributed by atoms with van der Waals surface area (Å²) in [7, 11) is 1.87. The molecule has 0 saturated heterocycles. The molecule has 0 unspecified atom stereocenters. The Labute approximate surface area is 99.4 Å². The van der Waals surface area contributed by atoms with Gasteiger partial charge in [-0.05, 0) is 11.6 Å². The second-order valence-electron chi connectivity index (χ2n) is 3.56. The van der Waals surface area contributed by atoms with Crippen molar-refractivity contribution >= 4 is 5.82 Å². The first-order valence-electron chi connectivity index (χ1n) is 5.12. The first kappa shape index (κ1) is 11.0. The number of rotatable bonds is 3. The van der Waals surface area contributed by atoms with Crippen LogP contribution in [-0.2, 0) is 6.54 Å². The van der Waals surface area contributed by atoms with Gasteiger partial charge in [0.2, 0.25) is 0 Å². The highest BCUT2D eigenvalue weighted by Gasteiger charge is 2.09. The Balaban J connectivity index is 2.21. The van der Waals surface area contributed by atoms with E-state index in [4.69, 9.17) is 5.26 Å². The van der Waals surface area contributed by atoms with Crippen molar-refractivity contribution in [3.8, 4) is 6.07 Å². The Hall–Kier alpha value is -2.48. The van der Waals surface area contributed by atoms with Gasteiger partial charge < -0.3 is 4.90 Å². The minimum atomic E-state index is 0.332. The first-order chi connectivity index (χ1) is 8.31. The monoisotopic (exact) mass is 225 g/mol. The van der Waals surface area contributed by atoms with Gasteiger partial charge in [0.25, 0.3) is 0 Å². The smallest absolute Gasteiger partial charge is 0.183 e. The van der Waals surface area contributed by atoms with E-state index in [0.29, 0.717) is 18.1 Å². The molecule has 2 rings (SSSR count). The summed E-state index contributed by atoms with van der Waals surface area (Å²) in [5.41, 5.74) is 1.39. The molecule has 0 radical (unpaired) electrons. The molecule has 0 bridgehead atoms. The molecular weight excluding hydrogens is 214 g/mol. The third-order valence-corrected chi connectivity index (χ3v) is 2.29. The van der Waals surface area contributed by atoms with Crippen molar-refractivity contribution in [2.75, 3.05) is 11.9 Å². The molecule has 0 spiro atoms. The van der Waals surface area contributed by atoms with E-state index in [1.807, 2.05) is 30.1 Å². The van der Waals surface area contributed by atoms with E-state index in [1.165, 1.54) is 6.20 Å². The average Bonchev–Trinajstić information content (AvgIpc) is 2.40. The fourth-order valence-electron chi connectivity index (χ4n) is 1.53. The number of anilines is 1. The van der Waals surface area contributed by atoms with Crippen LogP contribution in [0.3, 0.4) is 0 Å². The molecule has 0 N–H and O–H groups in total. The Morgan fingerprint density at radius 1 is 1.29 bits per heavy atom. The average molecular weight is 225 g/mol. The van der Waals surface area contributed by atoms with Gasteiger partial charge in [0, 0.05) is 38.4 Å². The predicted octanol–water partition coefficient (Wildman–Crippen LogP) is 1.38. The molecule has 0 atom stereocenters. The molecular formula is C12H11N5. The minimum absolute atomic E-state index is 0.332. The molecule has 84 valence electrons. The van der Waals surface area contributed by atoms with Gasteiger partial charge in [-0.25, -0.2) is 9.97 Å². The van der Waals surface area contributed by atoms with E-state index in [-0.39, 0.29) is 0 Å². The summed E-state index contributed by atoms with van der Waals surface area (Å²) in [5.74, 6) is 0.582. The second-order valence-corrected chi connectivity index (χ2v) is 3.56. The minimum Gasteiger partial charge on any atom is -0.353 e. The van der Waals surface area contributed by atoms with Gasteiger partial charge in [0.05, 0.1) is 0 Å². The standard InChI is InChI=1S/C12H11N5/c1-17(9-10-3-2-4-14-8-10)12-11(7-13)15-5-6-16-12/h2-6,8H,9H2,1H3. The van der Waals surface area contributed by atoms with Crippen LogP contribution >= 0.6 is 0 Å². The zero-order chi connectivity index (χ0) is 12.1. The molecule has 0 aromatic carbocycles. The van der Waals surface area contributed by atoms with Gasteiger partial charge in [-0.15, -0.1) is 0 Å². The lowest BCUT2D eigenvalue weighted by Crippen LogP contribution is -2.19. The summed E-state index contributed by atoms with van der Waals surface area (Å²) in [6, 6.07) is 5.89. The van der Waals surface area contributed by atoms with Gasteiger partial charge in [0.1, 0.15) is 6.07 Å². The maximum absolute atomic E-state index is 8.94. The van der Waals surface area contributed by atoms with E-state index in [1.54, 1.807) is 18.6 Å². The predicted molar refractivity (Wildman–Crippen MR) is 63.1 cm³/mol. The second kappa shape index (κ2) is 5.03. The quantitative estimate of drug-likeness (QED) is 0.789. The lowest BCUT2D eigenvalue weighted by atomic mass is 10.2. The fourth-order valence-corrected chi connectivity index (χ4v) is 1.53. The van der Waals surface area contributed by atoms with E-state index >= 15 is 0 Å². The Morgan fingerprint density at radius 3 is 2.82 bits per heavy atom. The molecule has 0 amide bonds. The van der Waals surface area contributed by atoms with Crippen LogP contribution in [0.2, 0.25) is 0 Å². The molecule has 0 aliphatic heterocycles. The van der Waals surface area contributed by atoms with Crippen LogP contribution in [0, 0.1) is 11.3 Å². The number of hydrogen-bond acceptors (Lipinski definition) is 5. The number of hydrogen-bond donors (Lipinski definition) is 0. The van der Waals surface area contributed by atoms with Crippen LogP contribution in [-0.4, -0.2) is 22.0 Å². The molecule has 17 heavy (non-hydrogen) atoms. The van der Waals surface area contributed by atoms with Crippen LogP contribution in [0.25, 0.3) is 0 Å². The molecule has 2 heterocycles. The Kier molecular flexibility index (Phi) is 3.26. The third kappa shape index (κ3) is 2.55. The molecule has 2 aromatic heterocycles. The highest BCUT2D eigenvalue weighted by atomic mass is 15.2. The molecule has 2 aromatic rings. The van der Waals surface area contributed by atoms with Gasteiger partial charge >= 0.3 is 0 Å². The number of nitrogens with zero attached hydrogens (tertiary/aromatic N) is 5. The van der Waals surface area contributed by atoms with Gasteiger partial charge in [-0.3, -0.25) is 4.98 Å². The number of nitriles is 1. The summed E-state index contributed by atoms with van der Waals surface area (Å²) >= 11 is 0. The van der Waals surface area contributed by atoms with E-state index < -0.39 is 0 Å². The normalized spacial score (nSPS) is 9.65. The SMILES string of the molecule is CN(Cc1cccnc1)c1nccnc1C#N. The molecule has 0 aliphatic rings. The van der Waals surface area contributed by atoms with Crippen LogP contribution in [0.15, 0.2) is 36.9 Å². The van der Waals surface area contributed by atoms with Crippen molar-refractivity contribution in [2.45, 2.75) is 6.54 Å². The van der Waals surface area contributed by atoms with Crippen LogP contribution in [0.5, 0.6) is 0 Å². The van der Waals surface area contributed by atoms with E-state index in [9.17, 15) is 0 Å². The molecule has 0 saturated carbocycles. The number of aromatic nitrogens is 3. The Bertz CT molecular complexity index is 532. The third-order valence-electron chi connectivity index (χ3n) is 2.29. The van der Waals surface area contributed by atoms with Gasteiger partial charge in [-0.2, -0.15) is 5.26 Å². The van der Waals surface area contributed by atoms with Crippen molar-refractivity contribution in [3.05, 3.63) is 48.2 Å². The highest BCUT2D eigenvalue weighted by Crippen LogP contribution is 2.14. The summed E-state index contributed by atoms with van der Waals surface area (Å²) in [4.78, 5) is 14.1. The molecule has 5 nitrogen and oxygen atoms in total. The zero-order valence-electron chi connectivity index (χ0n) is 9.41. The van der Waals surface area contributed by atoms with Crippen molar-refractivity contribution in [1.29, 1.82) is 5.26 Å². The van der Waals surface area contributed by atoms with Gasteiger partial charge in [-0.1, -0.05) is 6.07 Å². The lowest BCUT2D eigenvalue weighted by molar-refractivity contribution is 0.880. The fraction of sp³-hybridized carbons (Fsp3) is 0.167. The maximum atomic E-state index is 8.94. The van der Waals surface area contributed by atoms with E-state index in [2.05, 4.69) is 15.0 Å². The van der Waals surface area contributed by atoms with Crippen molar-refractivity contribution in [2.24, 2.45) is 0 Å². The van der Waals surface area contributed by atoms with Crippen molar-refractivity contribution in [3.63, 3.8) is 0 Å². The van der Waals surface area contributed by atoms with Crippen LogP contribution in [0.1, 0.15) is 11.3 Å².